The fourth-order valence-electron chi connectivity index (χ4n) is 3.35. The minimum Gasteiger partial charge on any atom is -0.494 e. The number of hydrogen-bond donors (Lipinski definition) is 2. The third kappa shape index (κ3) is 3.90. The van der Waals surface area contributed by atoms with Crippen LogP contribution in [0.4, 0.5) is 0 Å². The standard InChI is InChI=1S/C18H18N6O4/c25-14-7-12(8-15(26)21-14)18(27)24-5-1-2-11(10-24)6-16-22-17(23-28-16)13-9-19-3-4-20-13/h3-4,7-9,11H,1-2,5-6,10H2,(H2,21,25,26). The molecule has 4 heterocycles. The van der Waals surface area contributed by atoms with Crippen molar-refractivity contribution < 1.29 is 14.4 Å². The summed E-state index contributed by atoms with van der Waals surface area (Å²) in [6.07, 6.45) is 6.98. The van der Waals surface area contributed by atoms with Gasteiger partial charge in [0, 0.05) is 44.0 Å². The fraction of sp³-hybridized carbons (Fsp3) is 0.333. The van der Waals surface area contributed by atoms with Crippen LogP contribution >= 0.6 is 0 Å². The highest BCUT2D eigenvalue weighted by Crippen LogP contribution is 2.23. The maximum absolute atomic E-state index is 12.7. The van der Waals surface area contributed by atoms with Gasteiger partial charge < -0.3 is 14.5 Å². The van der Waals surface area contributed by atoms with Gasteiger partial charge in [-0.2, -0.15) is 4.98 Å². The highest BCUT2D eigenvalue weighted by Gasteiger charge is 2.26. The number of amides is 1. The second-order valence-corrected chi connectivity index (χ2v) is 6.68. The molecule has 10 heteroatoms. The maximum atomic E-state index is 12.7. The van der Waals surface area contributed by atoms with Crippen LogP contribution in [0.25, 0.3) is 11.5 Å². The van der Waals surface area contributed by atoms with Crippen LogP contribution in [0.1, 0.15) is 29.1 Å². The van der Waals surface area contributed by atoms with Crippen LogP contribution in [0, 0.1) is 5.92 Å². The molecule has 3 aromatic heterocycles. The molecule has 0 aromatic carbocycles. The van der Waals surface area contributed by atoms with E-state index in [1.54, 1.807) is 23.5 Å². The molecular formula is C18H18N6O4. The number of likely N-dealkylation sites (tertiary alicyclic amines) is 1. The van der Waals surface area contributed by atoms with Gasteiger partial charge in [-0.05, 0) is 18.8 Å². The van der Waals surface area contributed by atoms with E-state index in [1.807, 2.05) is 0 Å². The Morgan fingerprint density at radius 3 is 3.04 bits per heavy atom. The van der Waals surface area contributed by atoms with Crippen molar-refractivity contribution in [2.75, 3.05) is 13.1 Å². The summed E-state index contributed by atoms with van der Waals surface area (Å²) in [6.45, 7) is 1.10. The van der Waals surface area contributed by atoms with Crippen molar-refractivity contribution in [3.05, 3.63) is 52.5 Å². The molecule has 0 bridgehead atoms. The number of rotatable bonds is 4. The van der Waals surface area contributed by atoms with Gasteiger partial charge in [0.2, 0.25) is 11.7 Å². The molecule has 0 saturated carbocycles. The van der Waals surface area contributed by atoms with Gasteiger partial charge in [-0.25, -0.2) is 4.98 Å². The molecule has 1 atom stereocenters. The van der Waals surface area contributed by atoms with Crippen molar-refractivity contribution in [1.82, 2.24) is 30.0 Å². The summed E-state index contributed by atoms with van der Waals surface area (Å²) in [4.78, 5) is 40.6. The molecule has 0 aliphatic carbocycles. The zero-order valence-electron chi connectivity index (χ0n) is 14.9. The smallest absolute Gasteiger partial charge is 0.254 e. The Labute approximate surface area is 159 Å². The van der Waals surface area contributed by atoms with E-state index in [0.717, 1.165) is 12.8 Å². The number of carbonyl (C=O) groups excluding carboxylic acids is 1. The Morgan fingerprint density at radius 2 is 2.25 bits per heavy atom. The highest BCUT2D eigenvalue weighted by molar-refractivity contribution is 5.94. The monoisotopic (exact) mass is 382 g/mol. The minimum atomic E-state index is -0.515. The van der Waals surface area contributed by atoms with Crippen LogP contribution in [0.5, 0.6) is 5.88 Å². The van der Waals surface area contributed by atoms with Crippen LogP contribution in [-0.4, -0.2) is 54.1 Å². The number of H-pyrrole nitrogens is 1. The predicted molar refractivity (Wildman–Crippen MR) is 96.4 cm³/mol. The van der Waals surface area contributed by atoms with Gasteiger partial charge in [0.05, 0.1) is 11.8 Å². The molecule has 1 aliphatic heterocycles. The lowest BCUT2D eigenvalue weighted by Gasteiger charge is -2.32. The third-order valence-corrected chi connectivity index (χ3v) is 4.61. The van der Waals surface area contributed by atoms with Crippen molar-refractivity contribution in [3.63, 3.8) is 0 Å². The molecule has 3 aromatic rings. The number of nitrogens with zero attached hydrogens (tertiary/aromatic N) is 5. The average molecular weight is 382 g/mol. The second-order valence-electron chi connectivity index (χ2n) is 6.68. The van der Waals surface area contributed by atoms with Crippen LogP contribution in [0.15, 0.2) is 40.0 Å². The lowest BCUT2D eigenvalue weighted by molar-refractivity contribution is 0.0667. The van der Waals surface area contributed by atoms with Crippen LogP contribution in [0.3, 0.4) is 0 Å². The summed E-state index contributed by atoms with van der Waals surface area (Å²) >= 11 is 0. The fourth-order valence-corrected chi connectivity index (χ4v) is 3.35. The van der Waals surface area contributed by atoms with Gasteiger partial charge in [0.15, 0.2) is 5.88 Å². The second kappa shape index (κ2) is 7.59. The van der Waals surface area contributed by atoms with E-state index in [9.17, 15) is 14.7 Å². The molecule has 28 heavy (non-hydrogen) atoms. The van der Waals surface area contributed by atoms with E-state index in [1.165, 1.54) is 12.1 Å². The number of pyridine rings is 1. The molecule has 4 rings (SSSR count). The van der Waals surface area contributed by atoms with Crippen molar-refractivity contribution in [2.45, 2.75) is 19.3 Å². The molecule has 1 fully saturated rings. The minimum absolute atomic E-state index is 0.156. The summed E-state index contributed by atoms with van der Waals surface area (Å²) < 4.78 is 5.32. The summed E-state index contributed by atoms with van der Waals surface area (Å²) in [5.74, 6) is 0.409. The summed E-state index contributed by atoms with van der Waals surface area (Å²) in [7, 11) is 0. The summed E-state index contributed by atoms with van der Waals surface area (Å²) in [5.41, 5.74) is 0.191. The number of aromatic hydroxyl groups is 1. The first-order valence-corrected chi connectivity index (χ1v) is 8.90. The van der Waals surface area contributed by atoms with Gasteiger partial charge in [-0.1, -0.05) is 5.16 Å². The van der Waals surface area contributed by atoms with Crippen LogP contribution < -0.4 is 5.56 Å². The van der Waals surface area contributed by atoms with Gasteiger partial charge in [0.1, 0.15) is 5.69 Å². The number of carbonyl (C=O) groups is 1. The average Bonchev–Trinajstić information content (AvgIpc) is 3.16. The number of aromatic amines is 1. The molecule has 144 valence electrons. The van der Waals surface area contributed by atoms with E-state index >= 15 is 0 Å². The summed E-state index contributed by atoms with van der Waals surface area (Å²) in [5, 5.41) is 13.5. The zero-order valence-corrected chi connectivity index (χ0v) is 14.9. The van der Waals surface area contributed by atoms with Crippen molar-refractivity contribution in [2.24, 2.45) is 5.92 Å². The summed E-state index contributed by atoms with van der Waals surface area (Å²) in [6, 6.07) is 2.45. The van der Waals surface area contributed by atoms with Gasteiger partial charge in [-0.3, -0.25) is 19.6 Å². The first-order valence-electron chi connectivity index (χ1n) is 8.90. The SMILES string of the molecule is O=C(c1cc(O)[nH]c(=O)c1)N1CCCC(Cc2nc(-c3cnccn3)no2)C1. The lowest BCUT2D eigenvalue weighted by atomic mass is 9.94. The molecule has 0 spiro atoms. The Hall–Kier alpha value is -3.56. The van der Waals surface area contributed by atoms with Gasteiger partial charge >= 0.3 is 0 Å². The van der Waals surface area contributed by atoms with E-state index in [-0.39, 0.29) is 23.3 Å². The molecule has 0 radical (unpaired) electrons. The van der Waals surface area contributed by atoms with Crippen LogP contribution in [0.2, 0.25) is 0 Å². The molecule has 1 aliphatic rings. The third-order valence-electron chi connectivity index (χ3n) is 4.61. The lowest BCUT2D eigenvalue weighted by Crippen LogP contribution is -2.40. The number of piperidine rings is 1. The Kier molecular flexibility index (Phi) is 4.83. The number of hydrogen-bond acceptors (Lipinski definition) is 8. The van der Waals surface area contributed by atoms with Crippen molar-refractivity contribution >= 4 is 5.91 Å². The van der Waals surface area contributed by atoms with E-state index < -0.39 is 5.56 Å². The zero-order chi connectivity index (χ0) is 19.5. The van der Waals surface area contributed by atoms with E-state index in [4.69, 9.17) is 4.52 Å². The normalized spacial score (nSPS) is 16.9. The Bertz CT molecular complexity index is 1030. The Morgan fingerprint density at radius 1 is 1.36 bits per heavy atom. The first-order chi connectivity index (χ1) is 13.6. The highest BCUT2D eigenvalue weighted by atomic mass is 16.5. The molecule has 1 saturated heterocycles. The largest absolute Gasteiger partial charge is 0.494 e. The molecule has 10 nitrogen and oxygen atoms in total. The molecule has 2 N–H and O–H groups in total. The number of aromatic nitrogens is 5. The van der Waals surface area contributed by atoms with Crippen LogP contribution in [-0.2, 0) is 6.42 Å². The number of nitrogens with one attached hydrogen (secondary N) is 1. The quantitative estimate of drug-likeness (QED) is 0.682. The molecular weight excluding hydrogens is 364 g/mol. The van der Waals surface area contributed by atoms with Crippen molar-refractivity contribution in [3.8, 4) is 17.4 Å². The first kappa shape index (κ1) is 17.8. The predicted octanol–water partition coefficient (Wildman–Crippen LogP) is 1.02. The van der Waals surface area contributed by atoms with Gasteiger partial charge in [-0.15, -0.1) is 0 Å². The molecule has 1 amide bonds. The van der Waals surface area contributed by atoms with Gasteiger partial charge in [0.25, 0.3) is 11.5 Å². The van der Waals surface area contributed by atoms with E-state index in [2.05, 4.69) is 25.1 Å². The van der Waals surface area contributed by atoms with Crippen molar-refractivity contribution in [1.29, 1.82) is 0 Å². The topological polar surface area (TPSA) is 138 Å². The maximum Gasteiger partial charge on any atom is 0.254 e. The Balaban J connectivity index is 1.43. The van der Waals surface area contributed by atoms with E-state index in [0.29, 0.717) is 36.9 Å². The molecule has 1 unspecified atom stereocenters.